The van der Waals surface area contributed by atoms with Crippen LogP contribution in [0.1, 0.15) is 17.1 Å². The van der Waals surface area contributed by atoms with Crippen LogP contribution in [0.3, 0.4) is 0 Å². The molecule has 2 N–H and O–H groups in total. The van der Waals surface area contributed by atoms with Crippen molar-refractivity contribution in [2.45, 2.75) is 25.3 Å². The van der Waals surface area contributed by atoms with Crippen molar-refractivity contribution in [2.24, 2.45) is 0 Å². The molecule has 0 spiro atoms. The van der Waals surface area contributed by atoms with Crippen LogP contribution in [0, 0.1) is 19.7 Å². The van der Waals surface area contributed by atoms with Gasteiger partial charge >= 0.3 is 0 Å². The van der Waals surface area contributed by atoms with Crippen LogP contribution in [0.2, 0.25) is 0 Å². The van der Waals surface area contributed by atoms with Crippen molar-refractivity contribution in [1.82, 2.24) is 0 Å². The molecule has 20 heavy (non-hydrogen) atoms. The van der Waals surface area contributed by atoms with E-state index in [-0.39, 0.29) is 28.7 Å². The van der Waals surface area contributed by atoms with Gasteiger partial charge in [0.05, 0.1) is 5.69 Å². The van der Waals surface area contributed by atoms with Gasteiger partial charge in [0.15, 0.2) is 0 Å². The normalized spacial score (nSPS) is 11.6. The predicted molar refractivity (Wildman–Crippen MR) is 71.3 cm³/mol. The summed E-state index contributed by atoms with van der Waals surface area (Å²) in [5.41, 5.74) is 0.759. The quantitative estimate of drug-likeness (QED) is 0.908. The first kappa shape index (κ1) is 14.5. The molecule has 0 fully saturated rings. The first-order valence-electron chi connectivity index (χ1n) is 5.82. The van der Waals surface area contributed by atoms with Crippen molar-refractivity contribution in [3.05, 3.63) is 47.2 Å². The first-order valence-corrected chi connectivity index (χ1v) is 7.31. The highest BCUT2D eigenvalue weighted by Crippen LogP contribution is 2.24. The summed E-state index contributed by atoms with van der Waals surface area (Å²) in [7, 11) is -3.85. The maximum atomic E-state index is 13.0. The molecule has 0 saturated heterocycles. The highest BCUT2D eigenvalue weighted by Gasteiger charge is 2.22. The van der Waals surface area contributed by atoms with Crippen molar-refractivity contribution >= 4 is 15.7 Å². The lowest BCUT2D eigenvalue weighted by atomic mass is 10.2. The molecule has 0 aliphatic heterocycles. The Morgan fingerprint density at radius 3 is 2.55 bits per heavy atom. The number of benzene rings is 1. The van der Waals surface area contributed by atoms with E-state index in [0.29, 0.717) is 5.56 Å². The number of sulfonamides is 1. The summed E-state index contributed by atoms with van der Waals surface area (Å²) in [6.07, 6.45) is 0. The third-order valence-electron chi connectivity index (χ3n) is 2.80. The molecule has 5 nitrogen and oxygen atoms in total. The number of anilines is 1. The summed E-state index contributed by atoms with van der Waals surface area (Å²) < 4.78 is 45.0. The second-order valence-electron chi connectivity index (χ2n) is 4.36. The summed E-state index contributed by atoms with van der Waals surface area (Å²) in [4.78, 5) is -0.0507. The molecule has 0 aliphatic rings. The SMILES string of the molecule is Cc1cc(F)ccc1NS(=O)(=O)c1cc(CO)oc1C. The van der Waals surface area contributed by atoms with Crippen molar-refractivity contribution in [3.63, 3.8) is 0 Å². The number of hydrogen-bond acceptors (Lipinski definition) is 4. The second-order valence-corrected chi connectivity index (χ2v) is 6.01. The number of furan rings is 1. The standard InChI is InChI=1S/C13H14FNO4S/c1-8-5-10(14)3-4-12(8)15-20(17,18)13-6-11(7-16)19-9(13)2/h3-6,15-16H,7H2,1-2H3. The van der Waals surface area contributed by atoms with Crippen LogP contribution in [-0.2, 0) is 16.6 Å². The Morgan fingerprint density at radius 1 is 1.30 bits per heavy atom. The van der Waals surface area contributed by atoms with Crippen LogP contribution in [0.25, 0.3) is 0 Å². The van der Waals surface area contributed by atoms with Gasteiger partial charge in [-0.3, -0.25) is 4.72 Å². The maximum absolute atomic E-state index is 13.0. The van der Waals surface area contributed by atoms with Gasteiger partial charge in [-0.05, 0) is 37.6 Å². The van der Waals surface area contributed by atoms with E-state index < -0.39 is 15.8 Å². The third kappa shape index (κ3) is 2.83. The lowest BCUT2D eigenvalue weighted by Gasteiger charge is -2.09. The molecular weight excluding hydrogens is 285 g/mol. The molecule has 0 atom stereocenters. The van der Waals surface area contributed by atoms with Crippen molar-refractivity contribution in [1.29, 1.82) is 0 Å². The van der Waals surface area contributed by atoms with Crippen LogP contribution >= 0.6 is 0 Å². The summed E-state index contributed by atoms with van der Waals surface area (Å²) in [5.74, 6) is -0.0903. The summed E-state index contributed by atoms with van der Waals surface area (Å²) in [5, 5.41) is 8.95. The molecule has 1 heterocycles. The third-order valence-corrected chi connectivity index (χ3v) is 4.27. The van der Waals surface area contributed by atoms with Gasteiger partial charge in [-0.15, -0.1) is 0 Å². The molecule has 0 amide bonds. The Hall–Kier alpha value is -1.86. The number of hydrogen-bond donors (Lipinski definition) is 2. The zero-order chi connectivity index (χ0) is 14.9. The average Bonchev–Trinajstić information content (AvgIpc) is 2.75. The summed E-state index contributed by atoms with van der Waals surface area (Å²) in [6, 6.07) is 5.02. The molecular formula is C13H14FNO4S. The fraction of sp³-hybridized carbons (Fsp3) is 0.231. The minimum absolute atomic E-state index is 0.0507. The average molecular weight is 299 g/mol. The summed E-state index contributed by atoms with van der Waals surface area (Å²) in [6.45, 7) is 2.71. The molecule has 0 aliphatic carbocycles. The zero-order valence-electron chi connectivity index (χ0n) is 11.0. The van der Waals surface area contributed by atoms with E-state index in [9.17, 15) is 12.8 Å². The topological polar surface area (TPSA) is 79.5 Å². The molecule has 0 unspecified atom stereocenters. The smallest absolute Gasteiger partial charge is 0.265 e. The van der Waals surface area contributed by atoms with Gasteiger partial charge in [-0.1, -0.05) is 0 Å². The Morgan fingerprint density at radius 2 is 2.00 bits per heavy atom. The van der Waals surface area contributed by atoms with Gasteiger partial charge in [-0.25, -0.2) is 12.8 Å². The van der Waals surface area contributed by atoms with Gasteiger partial charge < -0.3 is 9.52 Å². The lowest BCUT2D eigenvalue weighted by Crippen LogP contribution is -2.14. The van der Waals surface area contributed by atoms with E-state index in [2.05, 4.69) is 4.72 Å². The molecule has 1 aromatic carbocycles. The first-order chi connectivity index (χ1) is 9.33. The van der Waals surface area contributed by atoms with Gasteiger partial charge in [0.25, 0.3) is 10.0 Å². The van der Waals surface area contributed by atoms with Crippen LogP contribution in [-0.4, -0.2) is 13.5 Å². The molecule has 2 aromatic rings. The van der Waals surface area contributed by atoms with Gasteiger partial charge in [0.2, 0.25) is 0 Å². The van der Waals surface area contributed by atoms with E-state index in [1.807, 2.05) is 0 Å². The van der Waals surface area contributed by atoms with Crippen molar-refractivity contribution in [3.8, 4) is 0 Å². The second kappa shape index (κ2) is 5.26. The Balaban J connectivity index is 2.38. The maximum Gasteiger partial charge on any atom is 0.265 e. The van der Waals surface area contributed by atoms with Crippen LogP contribution < -0.4 is 4.72 Å². The number of nitrogens with one attached hydrogen (secondary N) is 1. The van der Waals surface area contributed by atoms with E-state index in [1.54, 1.807) is 6.92 Å². The van der Waals surface area contributed by atoms with Crippen LogP contribution in [0.15, 0.2) is 33.6 Å². The highest BCUT2D eigenvalue weighted by molar-refractivity contribution is 7.92. The minimum atomic E-state index is -3.85. The molecule has 0 radical (unpaired) electrons. The lowest BCUT2D eigenvalue weighted by molar-refractivity contribution is 0.245. The molecule has 1 aromatic heterocycles. The number of aryl methyl sites for hydroxylation is 2. The molecule has 7 heteroatoms. The molecule has 108 valence electrons. The Bertz CT molecular complexity index is 737. The zero-order valence-corrected chi connectivity index (χ0v) is 11.8. The number of halogens is 1. The predicted octanol–water partition coefficient (Wildman–Crippen LogP) is 2.33. The largest absolute Gasteiger partial charge is 0.462 e. The van der Waals surface area contributed by atoms with E-state index >= 15 is 0 Å². The fourth-order valence-corrected chi connectivity index (χ4v) is 3.15. The van der Waals surface area contributed by atoms with Crippen LogP contribution in [0.4, 0.5) is 10.1 Å². The fourth-order valence-electron chi connectivity index (χ4n) is 1.81. The minimum Gasteiger partial charge on any atom is -0.462 e. The monoisotopic (exact) mass is 299 g/mol. The number of aliphatic hydroxyl groups excluding tert-OH is 1. The van der Waals surface area contributed by atoms with E-state index in [4.69, 9.17) is 9.52 Å². The number of rotatable bonds is 4. The Labute approximate surface area is 116 Å². The summed E-state index contributed by atoms with van der Waals surface area (Å²) >= 11 is 0. The van der Waals surface area contributed by atoms with E-state index in [0.717, 1.165) is 0 Å². The van der Waals surface area contributed by atoms with Gasteiger partial charge in [0.1, 0.15) is 28.8 Å². The Kier molecular flexibility index (Phi) is 3.82. The number of aliphatic hydroxyl groups is 1. The van der Waals surface area contributed by atoms with Gasteiger partial charge in [0, 0.05) is 6.07 Å². The molecule has 2 rings (SSSR count). The van der Waals surface area contributed by atoms with Gasteiger partial charge in [-0.2, -0.15) is 0 Å². The highest BCUT2D eigenvalue weighted by atomic mass is 32.2. The molecule has 0 saturated carbocycles. The van der Waals surface area contributed by atoms with Crippen LogP contribution in [0.5, 0.6) is 0 Å². The van der Waals surface area contributed by atoms with E-state index in [1.165, 1.54) is 31.2 Å². The van der Waals surface area contributed by atoms with Crippen molar-refractivity contribution < 1.29 is 22.3 Å². The van der Waals surface area contributed by atoms with Crippen molar-refractivity contribution in [2.75, 3.05) is 4.72 Å². The molecule has 0 bridgehead atoms.